The van der Waals surface area contributed by atoms with Crippen LogP contribution in [0, 0.1) is 0 Å². The number of halogens is 2. The van der Waals surface area contributed by atoms with Crippen molar-refractivity contribution in [2.45, 2.75) is 13.8 Å². The van der Waals surface area contributed by atoms with Crippen molar-refractivity contribution in [3.8, 4) is 0 Å². The minimum atomic E-state index is -0.501. The smallest absolute Gasteiger partial charge is 0.363 e. The minimum Gasteiger partial charge on any atom is -0.402 e. The predicted octanol–water partition coefficient (Wildman–Crippen LogP) is 5.18. The number of anilines is 1. The zero-order valence-corrected chi connectivity index (χ0v) is 16.0. The SMILES string of the molecule is CCN(CC)c1ccc(/C=C2\N=C(c3ccc(Cl)cc3Cl)OC2=O)cc1. The summed E-state index contributed by atoms with van der Waals surface area (Å²) in [5, 5.41) is 0.890. The molecule has 4 nitrogen and oxygen atoms in total. The van der Waals surface area contributed by atoms with Crippen LogP contribution >= 0.6 is 23.2 Å². The van der Waals surface area contributed by atoms with Gasteiger partial charge in [-0.2, -0.15) is 0 Å². The normalized spacial score (nSPS) is 15.2. The van der Waals surface area contributed by atoms with Crippen molar-refractivity contribution < 1.29 is 9.53 Å². The lowest BCUT2D eigenvalue weighted by Gasteiger charge is -2.20. The number of cyclic esters (lactones) is 1. The fourth-order valence-corrected chi connectivity index (χ4v) is 3.20. The topological polar surface area (TPSA) is 41.9 Å². The van der Waals surface area contributed by atoms with E-state index < -0.39 is 5.97 Å². The van der Waals surface area contributed by atoms with Gasteiger partial charge in [0.2, 0.25) is 5.90 Å². The van der Waals surface area contributed by atoms with Gasteiger partial charge in [-0.1, -0.05) is 35.3 Å². The summed E-state index contributed by atoms with van der Waals surface area (Å²) in [4.78, 5) is 18.7. The first kappa shape index (κ1) is 18.5. The molecule has 0 N–H and O–H groups in total. The lowest BCUT2D eigenvalue weighted by molar-refractivity contribution is -0.129. The molecule has 26 heavy (non-hydrogen) atoms. The van der Waals surface area contributed by atoms with Crippen LogP contribution in [0.4, 0.5) is 5.69 Å². The molecule has 6 heteroatoms. The van der Waals surface area contributed by atoms with Gasteiger partial charge in [0.25, 0.3) is 0 Å². The van der Waals surface area contributed by atoms with Crippen LogP contribution in [0.5, 0.6) is 0 Å². The van der Waals surface area contributed by atoms with Gasteiger partial charge < -0.3 is 9.64 Å². The molecular formula is C20H18Cl2N2O2. The molecule has 0 fully saturated rings. The van der Waals surface area contributed by atoms with Gasteiger partial charge in [-0.25, -0.2) is 9.79 Å². The Bertz CT molecular complexity index is 885. The van der Waals surface area contributed by atoms with Gasteiger partial charge in [0.15, 0.2) is 5.70 Å². The molecule has 2 aromatic carbocycles. The Morgan fingerprint density at radius 1 is 1.08 bits per heavy atom. The molecule has 0 bridgehead atoms. The van der Waals surface area contributed by atoms with Crippen LogP contribution in [0.25, 0.3) is 6.08 Å². The molecule has 0 saturated carbocycles. The number of rotatable bonds is 5. The first-order chi connectivity index (χ1) is 12.5. The Morgan fingerprint density at radius 3 is 2.38 bits per heavy atom. The molecule has 0 spiro atoms. The van der Waals surface area contributed by atoms with Crippen LogP contribution in [0.2, 0.25) is 10.0 Å². The van der Waals surface area contributed by atoms with Crippen molar-refractivity contribution >= 4 is 46.8 Å². The Balaban J connectivity index is 1.86. The fourth-order valence-electron chi connectivity index (χ4n) is 2.72. The second kappa shape index (κ2) is 7.94. The van der Waals surface area contributed by atoms with Crippen LogP contribution in [-0.4, -0.2) is 25.0 Å². The highest BCUT2D eigenvalue weighted by Gasteiger charge is 2.25. The molecular weight excluding hydrogens is 371 g/mol. The van der Waals surface area contributed by atoms with Crippen molar-refractivity contribution in [3.05, 3.63) is 69.3 Å². The third-order valence-electron chi connectivity index (χ3n) is 4.11. The van der Waals surface area contributed by atoms with E-state index in [4.69, 9.17) is 27.9 Å². The maximum atomic E-state index is 12.1. The highest BCUT2D eigenvalue weighted by Crippen LogP contribution is 2.26. The number of ether oxygens (including phenoxy) is 1. The Morgan fingerprint density at radius 2 is 1.77 bits per heavy atom. The highest BCUT2D eigenvalue weighted by molar-refractivity contribution is 6.37. The third-order valence-corrected chi connectivity index (χ3v) is 4.65. The summed E-state index contributed by atoms with van der Waals surface area (Å²) in [6, 6.07) is 12.9. The molecule has 1 heterocycles. The van der Waals surface area contributed by atoms with Crippen molar-refractivity contribution in [2.75, 3.05) is 18.0 Å². The van der Waals surface area contributed by atoms with Crippen LogP contribution in [-0.2, 0) is 9.53 Å². The van der Waals surface area contributed by atoms with Gasteiger partial charge in [0.1, 0.15) is 0 Å². The highest BCUT2D eigenvalue weighted by atomic mass is 35.5. The zero-order chi connectivity index (χ0) is 18.7. The van der Waals surface area contributed by atoms with E-state index in [2.05, 4.69) is 23.7 Å². The van der Waals surface area contributed by atoms with Crippen molar-refractivity contribution in [2.24, 2.45) is 4.99 Å². The second-order valence-electron chi connectivity index (χ2n) is 5.72. The average molecular weight is 389 g/mol. The quantitative estimate of drug-likeness (QED) is 0.523. The largest absolute Gasteiger partial charge is 0.402 e. The van der Waals surface area contributed by atoms with Gasteiger partial charge in [-0.3, -0.25) is 0 Å². The lowest BCUT2D eigenvalue weighted by atomic mass is 10.1. The predicted molar refractivity (Wildman–Crippen MR) is 107 cm³/mol. The summed E-state index contributed by atoms with van der Waals surface area (Å²) in [6.07, 6.45) is 1.70. The standard InChI is InChI=1S/C20H18Cl2N2O2/c1-3-24(4-2)15-8-5-13(6-9-15)11-18-20(25)26-19(23-18)16-10-7-14(21)12-17(16)22/h5-12H,3-4H2,1-2H3/b18-11-. The van der Waals surface area contributed by atoms with Crippen LogP contribution in [0.15, 0.2) is 53.2 Å². The van der Waals surface area contributed by atoms with E-state index in [0.29, 0.717) is 15.6 Å². The summed E-state index contributed by atoms with van der Waals surface area (Å²) in [5.41, 5.74) is 2.79. The number of esters is 1. The Hall–Kier alpha value is -2.30. The monoisotopic (exact) mass is 388 g/mol. The zero-order valence-electron chi connectivity index (χ0n) is 14.5. The minimum absolute atomic E-state index is 0.183. The first-order valence-corrected chi connectivity index (χ1v) is 9.10. The van der Waals surface area contributed by atoms with Crippen molar-refractivity contribution in [1.82, 2.24) is 0 Å². The number of carbonyl (C=O) groups excluding carboxylic acids is 1. The van der Waals surface area contributed by atoms with E-state index in [1.54, 1.807) is 24.3 Å². The molecule has 1 aliphatic rings. The molecule has 0 amide bonds. The number of nitrogens with zero attached hydrogens (tertiary/aromatic N) is 2. The summed E-state index contributed by atoms with van der Waals surface area (Å²) in [6.45, 7) is 6.12. The van der Waals surface area contributed by atoms with E-state index in [0.717, 1.165) is 24.3 Å². The summed E-state index contributed by atoms with van der Waals surface area (Å²) < 4.78 is 5.26. The first-order valence-electron chi connectivity index (χ1n) is 8.34. The summed E-state index contributed by atoms with van der Waals surface area (Å²) >= 11 is 12.1. The van der Waals surface area contributed by atoms with Gasteiger partial charge >= 0.3 is 5.97 Å². The number of carbonyl (C=O) groups is 1. The Labute approximate surface area is 162 Å². The van der Waals surface area contributed by atoms with E-state index in [1.165, 1.54) is 0 Å². The molecule has 3 rings (SSSR count). The number of aliphatic imine (C=N–C) groups is 1. The maximum absolute atomic E-state index is 12.1. The number of hydrogen-bond donors (Lipinski definition) is 0. The molecule has 0 saturated heterocycles. The van der Waals surface area contributed by atoms with Crippen molar-refractivity contribution in [1.29, 1.82) is 0 Å². The Kier molecular flexibility index (Phi) is 5.64. The van der Waals surface area contributed by atoms with Gasteiger partial charge in [-0.05, 0) is 55.8 Å². The van der Waals surface area contributed by atoms with E-state index in [-0.39, 0.29) is 11.6 Å². The summed E-state index contributed by atoms with van der Waals surface area (Å²) in [7, 11) is 0. The molecule has 134 valence electrons. The molecule has 0 aromatic heterocycles. The van der Waals surface area contributed by atoms with Crippen molar-refractivity contribution in [3.63, 3.8) is 0 Å². The average Bonchev–Trinajstić information content (AvgIpc) is 2.97. The van der Waals surface area contributed by atoms with Gasteiger partial charge in [0, 0.05) is 23.8 Å². The molecule has 0 aliphatic carbocycles. The molecule has 0 atom stereocenters. The number of benzene rings is 2. The number of hydrogen-bond acceptors (Lipinski definition) is 4. The molecule has 0 radical (unpaired) electrons. The summed E-state index contributed by atoms with van der Waals surface area (Å²) in [5.74, 6) is -0.318. The molecule has 1 aliphatic heterocycles. The van der Waals surface area contributed by atoms with Gasteiger partial charge in [0.05, 0.1) is 10.6 Å². The van der Waals surface area contributed by atoms with Crippen LogP contribution in [0.1, 0.15) is 25.0 Å². The van der Waals surface area contributed by atoms with E-state index in [9.17, 15) is 4.79 Å². The van der Waals surface area contributed by atoms with Crippen LogP contribution in [0.3, 0.4) is 0 Å². The van der Waals surface area contributed by atoms with Crippen LogP contribution < -0.4 is 4.90 Å². The third kappa shape index (κ3) is 3.92. The van der Waals surface area contributed by atoms with E-state index in [1.807, 2.05) is 24.3 Å². The lowest BCUT2D eigenvalue weighted by Crippen LogP contribution is -2.21. The van der Waals surface area contributed by atoms with E-state index >= 15 is 0 Å². The molecule has 2 aromatic rings. The maximum Gasteiger partial charge on any atom is 0.363 e. The fraction of sp³-hybridized carbons (Fsp3) is 0.200. The molecule has 0 unspecified atom stereocenters. The van der Waals surface area contributed by atoms with Gasteiger partial charge in [-0.15, -0.1) is 0 Å². The second-order valence-corrected chi connectivity index (χ2v) is 6.57.